The molecule has 1 aliphatic heterocycles. The van der Waals surface area contributed by atoms with E-state index in [0.717, 1.165) is 17.7 Å². The number of hydrogen-bond acceptors (Lipinski definition) is 5. The van der Waals surface area contributed by atoms with Crippen molar-refractivity contribution in [2.24, 2.45) is 0 Å². The maximum Gasteiger partial charge on any atom is 0.287 e. The second-order valence-corrected chi connectivity index (χ2v) is 8.41. The SMILES string of the molecule is O=C(NCC1(Sc2ccccc2)CCOCC1)c1cc(=O)c2ccccc2o1. The monoisotopic (exact) mass is 395 g/mol. The Labute approximate surface area is 167 Å². The summed E-state index contributed by atoms with van der Waals surface area (Å²) < 4.78 is 11.0. The van der Waals surface area contributed by atoms with Gasteiger partial charge in [-0.05, 0) is 37.1 Å². The number of fused-ring (bicyclic) bond motifs is 1. The fourth-order valence-corrected chi connectivity index (χ4v) is 4.65. The fourth-order valence-electron chi connectivity index (χ4n) is 3.34. The topological polar surface area (TPSA) is 68.5 Å². The molecule has 4 rings (SSSR count). The maximum absolute atomic E-state index is 12.7. The van der Waals surface area contributed by atoms with Gasteiger partial charge in [0.25, 0.3) is 5.91 Å². The first-order chi connectivity index (χ1) is 13.7. The minimum absolute atomic E-state index is 0.0376. The fraction of sp³-hybridized carbons (Fsp3) is 0.273. The van der Waals surface area contributed by atoms with Gasteiger partial charge in [-0.25, -0.2) is 0 Å². The number of carbonyl (C=O) groups is 1. The molecule has 1 N–H and O–H groups in total. The number of para-hydroxylation sites is 1. The molecule has 5 nitrogen and oxygen atoms in total. The second kappa shape index (κ2) is 8.20. The van der Waals surface area contributed by atoms with Gasteiger partial charge in [-0.3, -0.25) is 9.59 Å². The highest BCUT2D eigenvalue weighted by Crippen LogP contribution is 2.40. The molecule has 144 valence electrons. The number of nitrogens with one attached hydrogen (secondary N) is 1. The first kappa shape index (κ1) is 18.8. The van der Waals surface area contributed by atoms with Crippen LogP contribution in [0.2, 0.25) is 0 Å². The van der Waals surface area contributed by atoms with Crippen molar-refractivity contribution in [1.82, 2.24) is 5.32 Å². The molecule has 0 spiro atoms. The van der Waals surface area contributed by atoms with Crippen LogP contribution >= 0.6 is 11.8 Å². The van der Waals surface area contributed by atoms with Crippen molar-refractivity contribution in [2.45, 2.75) is 22.5 Å². The normalized spacial score (nSPS) is 16.0. The quantitative estimate of drug-likeness (QED) is 0.710. The van der Waals surface area contributed by atoms with Crippen LogP contribution in [0.15, 0.2) is 74.8 Å². The summed E-state index contributed by atoms with van der Waals surface area (Å²) in [6.45, 7) is 1.81. The summed E-state index contributed by atoms with van der Waals surface area (Å²) in [5.41, 5.74) is 0.200. The Bertz CT molecular complexity index is 1030. The molecule has 0 bridgehead atoms. The van der Waals surface area contributed by atoms with Crippen molar-refractivity contribution in [3.8, 4) is 0 Å². The number of carbonyl (C=O) groups excluding carboxylic acids is 1. The van der Waals surface area contributed by atoms with E-state index >= 15 is 0 Å². The van der Waals surface area contributed by atoms with Gasteiger partial charge < -0.3 is 14.5 Å². The lowest BCUT2D eigenvalue weighted by molar-refractivity contribution is 0.0735. The smallest absolute Gasteiger partial charge is 0.287 e. The van der Waals surface area contributed by atoms with Crippen LogP contribution in [-0.2, 0) is 4.74 Å². The highest BCUT2D eigenvalue weighted by Gasteiger charge is 2.34. The van der Waals surface area contributed by atoms with Gasteiger partial charge in [0.1, 0.15) is 5.58 Å². The summed E-state index contributed by atoms with van der Waals surface area (Å²) in [5.74, 6) is -0.335. The van der Waals surface area contributed by atoms with Gasteiger partial charge in [-0.15, -0.1) is 11.8 Å². The van der Waals surface area contributed by atoms with Crippen molar-refractivity contribution in [3.63, 3.8) is 0 Å². The summed E-state index contributed by atoms with van der Waals surface area (Å²) in [4.78, 5) is 26.1. The Kier molecular flexibility index (Phi) is 5.50. The first-order valence-corrected chi connectivity index (χ1v) is 10.1. The van der Waals surface area contributed by atoms with E-state index in [1.54, 1.807) is 36.0 Å². The van der Waals surface area contributed by atoms with Crippen LogP contribution in [0.3, 0.4) is 0 Å². The van der Waals surface area contributed by atoms with Crippen LogP contribution < -0.4 is 10.7 Å². The Hall–Kier alpha value is -2.57. The van der Waals surface area contributed by atoms with Crippen LogP contribution in [0.4, 0.5) is 0 Å². The third-order valence-corrected chi connectivity index (χ3v) is 6.40. The van der Waals surface area contributed by atoms with Gasteiger partial charge in [0.15, 0.2) is 11.2 Å². The van der Waals surface area contributed by atoms with Gasteiger partial charge in [-0.2, -0.15) is 0 Å². The van der Waals surface area contributed by atoms with Crippen LogP contribution in [0.1, 0.15) is 23.4 Å². The highest BCUT2D eigenvalue weighted by molar-refractivity contribution is 8.00. The molecule has 0 radical (unpaired) electrons. The van der Waals surface area contributed by atoms with Crippen LogP contribution in [0.25, 0.3) is 11.0 Å². The maximum atomic E-state index is 12.7. The Morgan fingerprint density at radius 2 is 1.75 bits per heavy atom. The number of thioether (sulfide) groups is 1. The molecule has 3 aromatic rings. The summed E-state index contributed by atoms with van der Waals surface area (Å²) in [6, 6.07) is 18.4. The third kappa shape index (κ3) is 4.13. The highest BCUT2D eigenvalue weighted by atomic mass is 32.2. The van der Waals surface area contributed by atoms with Crippen molar-refractivity contribution in [1.29, 1.82) is 0 Å². The molecule has 0 saturated carbocycles. The minimum atomic E-state index is -0.373. The van der Waals surface area contributed by atoms with Gasteiger partial charge in [0.05, 0.1) is 5.39 Å². The number of hydrogen-bond donors (Lipinski definition) is 1. The van der Waals surface area contributed by atoms with E-state index < -0.39 is 0 Å². The molecule has 1 aliphatic rings. The molecule has 2 heterocycles. The molecule has 1 fully saturated rings. The summed E-state index contributed by atoms with van der Waals surface area (Å²) in [5, 5.41) is 3.45. The van der Waals surface area contributed by atoms with Gasteiger partial charge in [0, 0.05) is 35.5 Å². The van der Waals surface area contributed by atoms with Gasteiger partial charge in [-0.1, -0.05) is 30.3 Å². The summed E-state index contributed by atoms with van der Waals surface area (Å²) in [6.07, 6.45) is 1.68. The zero-order valence-electron chi connectivity index (χ0n) is 15.4. The average molecular weight is 395 g/mol. The van der Waals surface area contributed by atoms with Gasteiger partial charge >= 0.3 is 0 Å². The van der Waals surface area contributed by atoms with Crippen molar-refractivity contribution in [2.75, 3.05) is 19.8 Å². The summed E-state index contributed by atoms with van der Waals surface area (Å²) in [7, 11) is 0. The molecular weight excluding hydrogens is 374 g/mol. The number of rotatable bonds is 5. The predicted molar refractivity (Wildman–Crippen MR) is 110 cm³/mol. The van der Waals surface area contributed by atoms with Crippen LogP contribution in [-0.4, -0.2) is 30.4 Å². The van der Waals surface area contributed by atoms with Gasteiger partial charge in [0.2, 0.25) is 0 Å². The predicted octanol–water partition coefficient (Wildman–Crippen LogP) is 3.86. The van der Waals surface area contributed by atoms with Crippen molar-refractivity contribution in [3.05, 3.63) is 76.6 Å². The first-order valence-electron chi connectivity index (χ1n) is 9.28. The summed E-state index contributed by atoms with van der Waals surface area (Å²) >= 11 is 1.77. The molecule has 0 atom stereocenters. The lowest BCUT2D eigenvalue weighted by Gasteiger charge is -2.36. The van der Waals surface area contributed by atoms with Crippen molar-refractivity contribution < 1.29 is 13.9 Å². The van der Waals surface area contributed by atoms with E-state index in [2.05, 4.69) is 17.4 Å². The number of benzene rings is 2. The largest absolute Gasteiger partial charge is 0.451 e. The zero-order valence-corrected chi connectivity index (χ0v) is 16.2. The molecular formula is C22H21NO4S. The van der Waals surface area contributed by atoms with E-state index in [1.807, 2.05) is 18.2 Å². The molecule has 0 aliphatic carbocycles. The lowest BCUT2D eigenvalue weighted by Crippen LogP contribution is -2.44. The molecule has 1 amide bonds. The average Bonchev–Trinajstić information content (AvgIpc) is 2.73. The molecule has 28 heavy (non-hydrogen) atoms. The molecule has 2 aromatic carbocycles. The molecule has 0 unspecified atom stereocenters. The Balaban J connectivity index is 1.52. The molecule has 6 heteroatoms. The van der Waals surface area contributed by atoms with E-state index in [-0.39, 0.29) is 21.8 Å². The van der Waals surface area contributed by atoms with E-state index in [0.29, 0.717) is 30.7 Å². The Morgan fingerprint density at radius 1 is 1.04 bits per heavy atom. The lowest BCUT2D eigenvalue weighted by atomic mass is 9.99. The standard InChI is InChI=1S/C22H21NO4S/c24-18-14-20(27-19-9-5-4-8-17(18)19)21(25)23-15-22(10-12-26-13-11-22)28-16-6-2-1-3-7-16/h1-9,14H,10-13,15H2,(H,23,25). The second-order valence-electron chi connectivity index (χ2n) is 6.86. The van der Waals surface area contributed by atoms with Crippen LogP contribution in [0.5, 0.6) is 0 Å². The van der Waals surface area contributed by atoms with Crippen LogP contribution in [0, 0.1) is 0 Å². The van der Waals surface area contributed by atoms with E-state index in [9.17, 15) is 9.59 Å². The van der Waals surface area contributed by atoms with E-state index in [1.165, 1.54) is 6.07 Å². The Morgan fingerprint density at radius 3 is 2.54 bits per heavy atom. The van der Waals surface area contributed by atoms with E-state index in [4.69, 9.17) is 9.15 Å². The minimum Gasteiger partial charge on any atom is -0.451 e. The van der Waals surface area contributed by atoms with Crippen molar-refractivity contribution >= 4 is 28.6 Å². The molecule has 1 aromatic heterocycles. The third-order valence-electron chi connectivity index (χ3n) is 4.91. The number of amides is 1. The zero-order chi connectivity index (χ0) is 19.4. The number of ether oxygens (including phenoxy) is 1. The molecule has 1 saturated heterocycles.